The molecule has 6 atom stereocenters. The lowest BCUT2D eigenvalue weighted by atomic mass is 10.00. The van der Waals surface area contributed by atoms with E-state index in [0.717, 1.165) is 0 Å². The van der Waals surface area contributed by atoms with Crippen molar-refractivity contribution in [3.05, 3.63) is 65.2 Å². The number of carbonyl (C=O) groups is 14. The topological polar surface area (TPSA) is 518 Å². The second-order valence-corrected chi connectivity index (χ2v) is 24.0. The molecule has 16 N–H and O–H groups in total. The molecule has 98 heavy (non-hydrogen) atoms. The first kappa shape index (κ1) is 82.7. The highest BCUT2D eigenvalue weighted by Gasteiger charge is 2.33. The second kappa shape index (κ2) is 45.1. The molecule has 1 heterocycles. The van der Waals surface area contributed by atoms with Crippen LogP contribution < -0.4 is 37.2 Å². The maximum absolute atomic E-state index is 14.5. The molecular weight excluding hydrogens is 1290 g/mol. The Morgan fingerprint density at radius 3 is 1.27 bits per heavy atom. The summed E-state index contributed by atoms with van der Waals surface area (Å²) in [5, 5.41) is 105. The van der Waals surface area contributed by atoms with E-state index >= 15 is 0 Å². The Labute approximate surface area is 566 Å². The zero-order valence-electron chi connectivity index (χ0n) is 55.0. The lowest BCUT2D eigenvalue weighted by Crippen LogP contribution is -2.57. The number of aryl methyl sites for hydroxylation is 1. The zero-order valence-corrected chi connectivity index (χ0v) is 55.0. The molecule has 2 aromatic carbocycles. The highest BCUT2D eigenvalue weighted by Crippen LogP contribution is 2.19. The summed E-state index contributed by atoms with van der Waals surface area (Å²) in [6.45, 7) is 0.938. The molecule has 0 radical (unpaired) electrons. The summed E-state index contributed by atoms with van der Waals surface area (Å²) in [6, 6.07) is 3.26. The summed E-state index contributed by atoms with van der Waals surface area (Å²) in [5.74, 6) is -13.5. The molecule has 1 fully saturated rings. The largest absolute Gasteiger partial charge is 0.508 e. The van der Waals surface area contributed by atoms with Gasteiger partial charge in [-0.15, -0.1) is 0 Å². The zero-order chi connectivity index (χ0) is 72.7. The number of carboxylic acids is 8. The second-order valence-electron chi connectivity index (χ2n) is 24.0. The fraction of sp³-hybridized carbons (Fsp3) is 0.594. The number of hydrogen-bond acceptors (Lipinski definition) is 19. The van der Waals surface area contributed by atoms with Crippen LogP contribution in [0.3, 0.4) is 0 Å². The fourth-order valence-corrected chi connectivity index (χ4v) is 10.7. The number of urea groups is 1. The van der Waals surface area contributed by atoms with Crippen LogP contribution in [0.5, 0.6) is 5.75 Å². The molecule has 1 saturated heterocycles. The molecule has 0 saturated carbocycles. The molecule has 0 aromatic heterocycles. The van der Waals surface area contributed by atoms with Crippen LogP contribution in [-0.4, -0.2) is 270 Å². The van der Waals surface area contributed by atoms with E-state index in [1.165, 1.54) is 26.8 Å². The summed E-state index contributed by atoms with van der Waals surface area (Å²) in [4.78, 5) is 181. The lowest BCUT2D eigenvalue weighted by molar-refractivity contribution is -0.145. The van der Waals surface area contributed by atoms with E-state index in [1.807, 2.05) is 0 Å². The van der Waals surface area contributed by atoms with Gasteiger partial charge in [0, 0.05) is 104 Å². The normalized spacial score (nSPS) is 15.3. The third-order valence-electron chi connectivity index (χ3n) is 16.1. The standard InChI is InChI=1S/C64H95N11O23/c1-41-35-43(19-22-50(41)76)37-47(67-53(79)23-21-49(63(96)97)75-33-31-73(39-56(84)85)29-27-72(38-55(82)83)28-30-74(32-34-75)40-57(86)87)58(88)69-48(36-42-13-5-4-6-14-42)59(89)68-44(60(90)91)15-9-11-25-65-51(77)17-7-2-3-8-18-52(78)66-26-12-10-16-45(61(92)93)70-64(98)71-46(62(94)95)20-24-54(80)81/h4-6,13-14,19,22,35,44-49,76H,2-3,7-12,15-18,20-21,23-34,36-40H2,1H3,(H,65,77)(H,66,78)(H,67,79)(H,68,89)(H,69,88)(H,80,81)(H,82,83)(H,84,85)(H,86,87)(H,90,91)(H,92,93)(H,94,95)(H,96,97)(H2,70,71,98)/t44-,45+,46?,47-,48-,49?/m1/s1. The minimum absolute atomic E-state index is 0.00459. The molecule has 0 bridgehead atoms. The number of phenolic OH excluding ortho intramolecular Hbond substituents is 1. The maximum atomic E-state index is 14.5. The minimum Gasteiger partial charge on any atom is -0.508 e. The van der Waals surface area contributed by atoms with Crippen molar-refractivity contribution in [2.45, 2.75) is 159 Å². The Morgan fingerprint density at radius 2 is 0.827 bits per heavy atom. The third-order valence-corrected chi connectivity index (χ3v) is 16.1. The van der Waals surface area contributed by atoms with Crippen LogP contribution in [0.15, 0.2) is 48.5 Å². The molecular formula is C64H95N11O23. The van der Waals surface area contributed by atoms with Crippen molar-refractivity contribution in [2.24, 2.45) is 0 Å². The lowest BCUT2D eigenvalue weighted by Gasteiger charge is -2.35. The molecule has 0 spiro atoms. The summed E-state index contributed by atoms with van der Waals surface area (Å²) in [5.41, 5.74) is 1.47. The van der Waals surface area contributed by atoms with Gasteiger partial charge in [0.25, 0.3) is 0 Å². The van der Waals surface area contributed by atoms with E-state index in [2.05, 4.69) is 37.2 Å². The van der Waals surface area contributed by atoms with Crippen molar-refractivity contribution in [2.75, 3.05) is 85.1 Å². The predicted molar refractivity (Wildman–Crippen MR) is 347 cm³/mol. The summed E-state index contributed by atoms with van der Waals surface area (Å²) < 4.78 is 0. The number of carbonyl (C=O) groups excluding carboxylic acids is 6. The van der Waals surface area contributed by atoms with Gasteiger partial charge in [0.15, 0.2) is 0 Å². The number of benzene rings is 2. The van der Waals surface area contributed by atoms with Gasteiger partial charge in [-0.2, -0.15) is 0 Å². The molecule has 544 valence electrons. The van der Waals surface area contributed by atoms with Gasteiger partial charge in [0.1, 0.15) is 42.0 Å². The molecule has 1 aliphatic heterocycles. The Kier molecular flexibility index (Phi) is 38.0. The average Bonchev–Trinajstić information content (AvgIpc) is 0.861. The predicted octanol–water partition coefficient (Wildman–Crippen LogP) is -0.282. The van der Waals surface area contributed by atoms with E-state index in [9.17, 15) is 108 Å². The molecule has 3 rings (SSSR count). The first-order chi connectivity index (χ1) is 46.5. The van der Waals surface area contributed by atoms with Crippen molar-refractivity contribution in [3.8, 4) is 5.75 Å². The quantitative estimate of drug-likeness (QED) is 0.0379. The number of nitrogens with zero attached hydrogens (tertiary/aromatic N) is 4. The average molecular weight is 1390 g/mol. The molecule has 0 aliphatic carbocycles. The van der Waals surface area contributed by atoms with Gasteiger partial charge >= 0.3 is 53.8 Å². The number of rotatable bonds is 45. The maximum Gasteiger partial charge on any atom is 0.326 e. The minimum atomic E-state index is -1.54. The van der Waals surface area contributed by atoms with Gasteiger partial charge < -0.3 is 83.2 Å². The molecule has 2 aromatic rings. The summed E-state index contributed by atoms with van der Waals surface area (Å²) in [6.07, 6.45) is 1.75. The van der Waals surface area contributed by atoms with Crippen molar-refractivity contribution in [1.29, 1.82) is 0 Å². The first-order valence-electron chi connectivity index (χ1n) is 32.5. The Balaban J connectivity index is 1.58. The summed E-state index contributed by atoms with van der Waals surface area (Å²) in [7, 11) is 0. The van der Waals surface area contributed by atoms with E-state index in [-0.39, 0.29) is 141 Å². The number of unbranched alkanes of at least 4 members (excludes halogenated alkanes) is 5. The van der Waals surface area contributed by atoms with Crippen molar-refractivity contribution in [1.82, 2.24) is 56.8 Å². The highest BCUT2D eigenvalue weighted by molar-refractivity contribution is 5.94. The molecule has 1 aliphatic rings. The van der Waals surface area contributed by atoms with Crippen LogP contribution in [0.2, 0.25) is 0 Å². The van der Waals surface area contributed by atoms with Crippen LogP contribution in [0.1, 0.15) is 119 Å². The van der Waals surface area contributed by atoms with Crippen molar-refractivity contribution in [3.63, 3.8) is 0 Å². The monoisotopic (exact) mass is 1390 g/mol. The van der Waals surface area contributed by atoms with E-state index in [0.29, 0.717) is 55.2 Å². The van der Waals surface area contributed by atoms with Crippen LogP contribution >= 0.6 is 0 Å². The Bertz CT molecular complexity index is 2960. The Morgan fingerprint density at radius 1 is 0.398 bits per heavy atom. The smallest absolute Gasteiger partial charge is 0.326 e. The SMILES string of the molecule is Cc1cc(C[C@@H](NC(=O)CCC(C(=O)O)N2CCN(CC(=O)O)CCN(CC(=O)O)CCN(CC(=O)O)CC2)C(=O)N[C@H](Cc2ccccc2)C(=O)N[C@H](CCCCNC(=O)CCCCCCC(=O)NCCCC[C@H](NC(=O)NC(CCC(=O)O)C(=O)O)C(=O)O)C(=O)O)ccc1O. The molecule has 34 nitrogen and oxygen atoms in total. The highest BCUT2D eigenvalue weighted by atomic mass is 16.4. The van der Waals surface area contributed by atoms with Crippen LogP contribution in [0.25, 0.3) is 0 Å². The molecule has 2 unspecified atom stereocenters. The number of aliphatic carboxylic acids is 8. The number of carboxylic acid groups (broad SMARTS) is 8. The number of amides is 7. The molecule has 7 amide bonds. The van der Waals surface area contributed by atoms with Gasteiger partial charge in [-0.05, 0) is 93.9 Å². The first-order valence-corrected chi connectivity index (χ1v) is 32.5. The van der Waals surface area contributed by atoms with Crippen LogP contribution in [0.4, 0.5) is 4.79 Å². The van der Waals surface area contributed by atoms with E-state index < -0.39 is 147 Å². The number of phenols is 1. The van der Waals surface area contributed by atoms with Crippen molar-refractivity contribution < 1.29 is 113 Å². The van der Waals surface area contributed by atoms with E-state index in [4.69, 9.17) is 5.11 Å². The van der Waals surface area contributed by atoms with E-state index in [1.54, 1.807) is 48.2 Å². The number of hydrogen-bond donors (Lipinski definition) is 16. The molecule has 34 heteroatoms. The number of aromatic hydroxyl groups is 1. The summed E-state index contributed by atoms with van der Waals surface area (Å²) >= 11 is 0. The van der Waals surface area contributed by atoms with Crippen molar-refractivity contribution >= 4 is 83.3 Å². The van der Waals surface area contributed by atoms with Gasteiger partial charge in [-0.3, -0.25) is 67.5 Å². The fourth-order valence-electron chi connectivity index (χ4n) is 10.7. The van der Waals surface area contributed by atoms with Gasteiger partial charge in [0.05, 0.1) is 19.6 Å². The third kappa shape index (κ3) is 34.9. The Hall–Kier alpha value is -9.54. The van der Waals surface area contributed by atoms with Crippen LogP contribution in [-0.2, 0) is 75.2 Å². The van der Waals surface area contributed by atoms with Gasteiger partial charge in [0.2, 0.25) is 29.5 Å². The van der Waals surface area contributed by atoms with Crippen LogP contribution in [0, 0.1) is 6.92 Å². The van der Waals surface area contributed by atoms with Gasteiger partial charge in [-0.1, -0.05) is 55.3 Å². The number of nitrogens with one attached hydrogen (secondary N) is 7. The van der Waals surface area contributed by atoms with Gasteiger partial charge in [-0.25, -0.2) is 19.2 Å².